The SMILES string of the molecule is CC1(C(=O)O)CCN(c2cncc(OC3CCCCC3)n2)C1. The fraction of sp³-hybridized carbons (Fsp3) is 0.688. The van der Waals surface area contributed by atoms with Crippen LogP contribution >= 0.6 is 0 Å². The predicted molar refractivity (Wildman–Crippen MR) is 82.1 cm³/mol. The molecule has 0 bridgehead atoms. The van der Waals surface area contributed by atoms with Gasteiger partial charge >= 0.3 is 5.97 Å². The Morgan fingerprint density at radius 2 is 2.14 bits per heavy atom. The standard InChI is InChI=1S/C16H23N3O3/c1-16(15(20)21)7-8-19(11-16)13-9-17-10-14(18-13)22-12-5-3-2-4-6-12/h9-10,12H,2-8,11H2,1H3,(H,20,21). The normalized spacial score (nSPS) is 26.1. The average molecular weight is 305 g/mol. The molecule has 2 aliphatic rings. The Morgan fingerprint density at radius 3 is 2.82 bits per heavy atom. The number of carboxylic acids is 1. The van der Waals surface area contributed by atoms with E-state index in [1.54, 1.807) is 19.3 Å². The van der Waals surface area contributed by atoms with E-state index in [1.807, 2.05) is 4.90 Å². The topological polar surface area (TPSA) is 75.5 Å². The number of ether oxygens (including phenoxy) is 1. The van der Waals surface area contributed by atoms with Crippen molar-refractivity contribution in [2.75, 3.05) is 18.0 Å². The maximum absolute atomic E-state index is 11.3. The number of rotatable bonds is 4. The van der Waals surface area contributed by atoms with Crippen molar-refractivity contribution in [3.8, 4) is 5.88 Å². The van der Waals surface area contributed by atoms with Gasteiger partial charge in [0.2, 0.25) is 5.88 Å². The van der Waals surface area contributed by atoms with Crippen LogP contribution in [0, 0.1) is 5.41 Å². The Labute approximate surface area is 130 Å². The third-order valence-corrected chi connectivity index (χ3v) is 4.75. The summed E-state index contributed by atoms with van der Waals surface area (Å²) in [6.07, 6.45) is 10.0. The van der Waals surface area contributed by atoms with Gasteiger partial charge in [0, 0.05) is 13.1 Å². The Balaban J connectivity index is 1.68. The van der Waals surface area contributed by atoms with Crippen molar-refractivity contribution in [3.05, 3.63) is 12.4 Å². The zero-order chi connectivity index (χ0) is 15.6. The van der Waals surface area contributed by atoms with Gasteiger partial charge in [-0.1, -0.05) is 6.42 Å². The molecule has 1 atom stereocenters. The zero-order valence-electron chi connectivity index (χ0n) is 13.0. The van der Waals surface area contributed by atoms with E-state index in [-0.39, 0.29) is 6.10 Å². The van der Waals surface area contributed by atoms with Crippen LogP contribution in [0.5, 0.6) is 5.88 Å². The maximum atomic E-state index is 11.3. The summed E-state index contributed by atoms with van der Waals surface area (Å²) in [7, 11) is 0. The lowest BCUT2D eigenvalue weighted by atomic mass is 9.90. The molecule has 120 valence electrons. The molecule has 3 rings (SSSR count). The first kappa shape index (κ1) is 15.1. The molecule has 2 heterocycles. The van der Waals surface area contributed by atoms with Crippen molar-refractivity contribution in [2.45, 2.75) is 51.6 Å². The van der Waals surface area contributed by atoms with Crippen LogP contribution in [0.15, 0.2) is 12.4 Å². The summed E-state index contributed by atoms with van der Waals surface area (Å²) < 4.78 is 5.94. The molecule has 0 amide bonds. The lowest BCUT2D eigenvalue weighted by Gasteiger charge is -2.24. The number of aromatic nitrogens is 2. The van der Waals surface area contributed by atoms with Gasteiger partial charge in [-0.05, 0) is 39.0 Å². The fourth-order valence-electron chi connectivity index (χ4n) is 3.23. The number of carboxylic acid groups (broad SMARTS) is 1. The van der Waals surface area contributed by atoms with Crippen LogP contribution in [-0.4, -0.2) is 40.2 Å². The summed E-state index contributed by atoms with van der Waals surface area (Å²) in [5, 5.41) is 9.32. The lowest BCUT2D eigenvalue weighted by Crippen LogP contribution is -2.32. The number of anilines is 1. The van der Waals surface area contributed by atoms with Crippen molar-refractivity contribution in [2.24, 2.45) is 5.41 Å². The monoisotopic (exact) mass is 305 g/mol. The minimum Gasteiger partial charge on any atom is -0.481 e. The molecule has 1 aliphatic heterocycles. The summed E-state index contributed by atoms with van der Waals surface area (Å²) in [6.45, 7) is 2.93. The highest BCUT2D eigenvalue weighted by Crippen LogP contribution is 2.33. The van der Waals surface area contributed by atoms with E-state index >= 15 is 0 Å². The number of aliphatic carboxylic acids is 1. The highest BCUT2D eigenvalue weighted by Gasteiger charge is 2.41. The quantitative estimate of drug-likeness (QED) is 0.921. The van der Waals surface area contributed by atoms with Crippen LogP contribution in [0.3, 0.4) is 0 Å². The molecule has 0 spiro atoms. The van der Waals surface area contributed by atoms with Crippen molar-refractivity contribution in [3.63, 3.8) is 0 Å². The number of nitrogens with zero attached hydrogens (tertiary/aromatic N) is 3. The van der Waals surface area contributed by atoms with E-state index in [0.717, 1.165) is 12.8 Å². The minimum atomic E-state index is -0.752. The van der Waals surface area contributed by atoms with Gasteiger partial charge in [-0.15, -0.1) is 0 Å². The highest BCUT2D eigenvalue weighted by atomic mass is 16.5. The van der Waals surface area contributed by atoms with Crippen LogP contribution in [0.1, 0.15) is 45.4 Å². The molecule has 1 N–H and O–H groups in total. The summed E-state index contributed by atoms with van der Waals surface area (Å²) in [5.74, 6) is 0.504. The molecule has 1 saturated carbocycles. The summed E-state index contributed by atoms with van der Waals surface area (Å²) >= 11 is 0. The highest BCUT2D eigenvalue weighted by molar-refractivity contribution is 5.76. The molecule has 6 heteroatoms. The molecule has 0 radical (unpaired) electrons. The summed E-state index contributed by atoms with van der Waals surface area (Å²) in [6, 6.07) is 0. The second kappa shape index (κ2) is 6.10. The largest absolute Gasteiger partial charge is 0.481 e. The lowest BCUT2D eigenvalue weighted by molar-refractivity contribution is -0.146. The van der Waals surface area contributed by atoms with E-state index in [2.05, 4.69) is 9.97 Å². The molecule has 2 fully saturated rings. The van der Waals surface area contributed by atoms with E-state index in [1.165, 1.54) is 19.3 Å². The summed E-state index contributed by atoms with van der Waals surface area (Å²) in [5.41, 5.74) is -0.706. The molecule has 6 nitrogen and oxygen atoms in total. The first-order valence-electron chi connectivity index (χ1n) is 8.04. The van der Waals surface area contributed by atoms with Crippen LogP contribution in [0.4, 0.5) is 5.82 Å². The number of hydrogen-bond donors (Lipinski definition) is 1. The summed E-state index contributed by atoms with van der Waals surface area (Å²) in [4.78, 5) is 22.1. The molecule has 0 aromatic carbocycles. The van der Waals surface area contributed by atoms with Crippen molar-refractivity contribution >= 4 is 11.8 Å². The molecule has 1 saturated heterocycles. The second-order valence-electron chi connectivity index (χ2n) is 6.63. The Kier molecular flexibility index (Phi) is 4.18. The van der Waals surface area contributed by atoms with Gasteiger partial charge in [-0.2, -0.15) is 4.98 Å². The van der Waals surface area contributed by atoms with Crippen molar-refractivity contribution in [1.29, 1.82) is 0 Å². The molecular weight excluding hydrogens is 282 g/mol. The first-order chi connectivity index (χ1) is 10.6. The average Bonchev–Trinajstić information content (AvgIpc) is 2.93. The van der Waals surface area contributed by atoms with Crippen LogP contribution in [-0.2, 0) is 4.79 Å². The van der Waals surface area contributed by atoms with Crippen molar-refractivity contribution in [1.82, 2.24) is 9.97 Å². The predicted octanol–water partition coefficient (Wildman–Crippen LogP) is 2.49. The third-order valence-electron chi connectivity index (χ3n) is 4.75. The van der Waals surface area contributed by atoms with E-state index < -0.39 is 11.4 Å². The Morgan fingerprint density at radius 1 is 1.36 bits per heavy atom. The van der Waals surface area contributed by atoms with Gasteiger partial charge in [0.1, 0.15) is 6.10 Å². The zero-order valence-corrected chi connectivity index (χ0v) is 13.0. The van der Waals surface area contributed by atoms with Crippen LogP contribution in [0.2, 0.25) is 0 Å². The van der Waals surface area contributed by atoms with Gasteiger partial charge in [-0.25, -0.2) is 0 Å². The van der Waals surface area contributed by atoms with Gasteiger partial charge in [0.05, 0.1) is 17.8 Å². The van der Waals surface area contributed by atoms with E-state index in [9.17, 15) is 9.90 Å². The van der Waals surface area contributed by atoms with Crippen molar-refractivity contribution < 1.29 is 14.6 Å². The Hall–Kier alpha value is -1.85. The second-order valence-corrected chi connectivity index (χ2v) is 6.63. The fourth-order valence-corrected chi connectivity index (χ4v) is 3.23. The van der Waals surface area contributed by atoms with E-state index in [4.69, 9.17) is 4.74 Å². The van der Waals surface area contributed by atoms with Gasteiger partial charge in [-0.3, -0.25) is 9.78 Å². The van der Waals surface area contributed by atoms with Gasteiger partial charge < -0.3 is 14.7 Å². The van der Waals surface area contributed by atoms with E-state index in [0.29, 0.717) is 31.2 Å². The van der Waals surface area contributed by atoms with Gasteiger partial charge in [0.15, 0.2) is 5.82 Å². The van der Waals surface area contributed by atoms with Gasteiger partial charge in [0.25, 0.3) is 0 Å². The molecule has 1 aromatic heterocycles. The molecule has 22 heavy (non-hydrogen) atoms. The number of carbonyl (C=O) groups is 1. The first-order valence-corrected chi connectivity index (χ1v) is 8.04. The molecule has 1 aromatic rings. The van der Waals surface area contributed by atoms with Crippen LogP contribution in [0.25, 0.3) is 0 Å². The molecule has 1 unspecified atom stereocenters. The maximum Gasteiger partial charge on any atom is 0.311 e. The Bertz CT molecular complexity index is 545. The smallest absolute Gasteiger partial charge is 0.311 e. The third kappa shape index (κ3) is 3.15. The van der Waals surface area contributed by atoms with Crippen LogP contribution < -0.4 is 9.64 Å². The molecule has 1 aliphatic carbocycles. The number of hydrogen-bond acceptors (Lipinski definition) is 5. The minimum absolute atomic E-state index is 0.237. The molecular formula is C16H23N3O3.